The zero-order chi connectivity index (χ0) is 25.3. The topological polar surface area (TPSA) is 95.3 Å². The highest BCUT2D eigenvalue weighted by molar-refractivity contribution is 7.91. The first-order valence-corrected chi connectivity index (χ1v) is 13.5. The Hall–Kier alpha value is -2.56. The fraction of sp³-hybridized carbons (Fsp3) is 0.520. The Bertz CT molecular complexity index is 1320. The second-order valence-electron chi connectivity index (χ2n) is 9.33. The zero-order valence-corrected chi connectivity index (χ0v) is 21.7. The van der Waals surface area contributed by atoms with Gasteiger partial charge in [0, 0.05) is 25.0 Å². The van der Waals surface area contributed by atoms with Crippen molar-refractivity contribution in [3.63, 3.8) is 0 Å². The fourth-order valence-electron chi connectivity index (χ4n) is 4.69. The summed E-state index contributed by atoms with van der Waals surface area (Å²) in [6, 6.07) is 5.72. The average molecular weight is 505 g/mol. The molecule has 0 spiro atoms. The molecule has 0 radical (unpaired) electrons. The minimum Gasteiger partial charge on any atom is -0.480 e. The van der Waals surface area contributed by atoms with Crippen LogP contribution in [0.25, 0.3) is 22.3 Å². The predicted octanol–water partition coefficient (Wildman–Crippen LogP) is 3.72. The van der Waals surface area contributed by atoms with Crippen molar-refractivity contribution in [2.75, 3.05) is 39.4 Å². The maximum atomic E-state index is 12.9. The van der Waals surface area contributed by atoms with E-state index in [0.29, 0.717) is 19.0 Å². The van der Waals surface area contributed by atoms with Crippen LogP contribution in [0.4, 0.5) is 4.39 Å². The molecule has 1 aliphatic heterocycles. The molecule has 4 heterocycles. The minimum atomic E-state index is -3.59. The predicted molar refractivity (Wildman–Crippen MR) is 134 cm³/mol. The summed E-state index contributed by atoms with van der Waals surface area (Å²) in [5.41, 5.74) is 6.10. The third kappa shape index (κ3) is 4.92. The molecule has 3 aromatic rings. The van der Waals surface area contributed by atoms with Crippen molar-refractivity contribution in [1.82, 2.24) is 19.9 Å². The van der Waals surface area contributed by atoms with Crippen LogP contribution in [0.15, 0.2) is 24.4 Å². The van der Waals surface area contributed by atoms with Crippen molar-refractivity contribution in [2.45, 2.75) is 44.9 Å². The van der Waals surface area contributed by atoms with E-state index in [4.69, 9.17) is 14.5 Å². The number of nitrogens with zero attached hydrogens (tertiary/aromatic N) is 3. The molecule has 0 aromatic carbocycles. The first-order valence-electron chi connectivity index (χ1n) is 11.8. The Morgan fingerprint density at radius 3 is 2.66 bits per heavy atom. The van der Waals surface area contributed by atoms with Crippen molar-refractivity contribution in [1.29, 1.82) is 0 Å². The van der Waals surface area contributed by atoms with Gasteiger partial charge in [0.15, 0.2) is 9.84 Å². The molecule has 3 aromatic heterocycles. The van der Waals surface area contributed by atoms with E-state index in [9.17, 15) is 12.8 Å². The maximum Gasteiger partial charge on any atom is 0.222 e. The van der Waals surface area contributed by atoms with Crippen LogP contribution in [-0.2, 0) is 14.6 Å². The van der Waals surface area contributed by atoms with Crippen molar-refractivity contribution >= 4 is 20.9 Å². The van der Waals surface area contributed by atoms with Crippen LogP contribution in [0.1, 0.15) is 42.6 Å². The van der Waals surface area contributed by atoms with Gasteiger partial charge in [0.2, 0.25) is 5.88 Å². The van der Waals surface area contributed by atoms with Crippen molar-refractivity contribution < 1.29 is 22.3 Å². The summed E-state index contributed by atoms with van der Waals surface area (Å²) in [6.07, 6.45) is 1.96. The first kappa shape index (κ1) is 25.5. The number of ether oxygens (including phenoxy) is 2. The highest BCUT2D eigenvalue weighted by atomic mass is 32.2. The van der Waals surface area contributed by atoms with Crippen molar-refractivity contribution in [3.8, 4) is 17.1 Å². The largest absolute Gasteiger partial charge is 0.480 e. The smallest absolute Gasteiger partial charge is 0.222 e. The first-order chi connectivity index (χ1) is 16.7. The molecular weight excluding hydrogens is 471 g/mol. The molecule has 190 valence electrons. The Balaban J connectivity index is 1.76. The number of aromatic nitrogens is 3. The number of halogens is 1. The van der Waals surface area contributed by atoms with E-state index < -0.39 is 27.7 Å². The Morgan fingerprint density at radius 2 is 1.97 bits per heavy atom. The van der Waals surface area contributed by atoms with Crippen molar-refractivity contribution in [2.24, 2.45) is 0 Å². The second-order valence-corrected chi connectivity index (χ2v) is 11.5. The molecule has 10 heteroatoms. The molecule has 8 nitrogen and oxygen atoms in total. The lowest BCUT2D eigenvalue weighted by atomic mass is 10.0. The SMILES string of the molecule is COc1nc(C(C)C)ccc1-c1nc2c(C)cn([C@@H]3CNC[C@@H]3S(=O)(=O)COCCF)c2cc1C. The summed E-state index contributed by atoms with van der Waals surface area (Å²) in [4.78, 5) is 9.66. The van der Waals surface area contributed by atoms with E-state index in [-0.39, 0.29) is 18.6 Å². The van der Waals surface area contributed by atoms with Crippen LogP contribution in [0, 0.1) is 13.8 Å². The van der Waals surface area contributed by atoms with E-state index in [1.54, 1.807) is 7.11 Å². The Kier molecular flexibility index (Phi) is 7.44. The van der Waals surface area contributed by atoms with Gasteiger partial charge in [0.25, 0.3) is 0 Å². The number of nitrogens with one attached hydrogen (secondary N) is 1. The third-order valence-electron chi connectivity index (χ3n) is 6.52. The molecule has 1 fully saturated rings. The highest BCUT2D eigenvalue weighted by Crippen LogP contribution is 2.35. The van der Waals surface area contributed by atoms with E-state index in [2.05, 4.69) is 24.1 Å². The monoisotopic (exact) mass is 504 g/mol. The lowest BCUT2D eigenvalue weighted by Crippen LogP contribution is -2.33. The van der Waals surface area contributed by atoms with Gasteiger partial charge >= 0.3 is 0 Å². The van der Waals surface area contributed by atoms with Gasteiger partial charge in [-0.1, -0.05) is 13.8 Å². The Labute approximate surface area is 205 Å². The minimum absolute atomic E-state index is 0.224. The van der Waals surface area contributed by atoms with Gasteiger partial charge < -0.3 is 19.4 Å². The maximum absolute atomic E-state index is 12.9. The molecule has 1 aliphatic rings. The van der Waals surface area contributed by atoms with Gasteiger partial charge in [-0.25, -0.2) is 22.8 Å². The number of fused-ring (bicyclic) bond motifs is 1. The highest BCUT2D eigenvalue weighted by Gasteiger charge is 2.39. The molecule has 0 unspecified atom stereocenters. The molecule has 1 N–H and O–H groups in total. The van der Waals surface area contributed by atoms with Gasteiger partial charge in [0.1, 0.15) is 12.6 Å². The summed E-state index contributed by atoms with van der Waals surface area (Å²) in [7, 11) is -1.98. The number of alkyl halides is 1. The van der Waals surface area contributed by atoms with Crippen molar-refractivity contribution in [3.05, 3.63) is 41.2 Å². The number of aryl methyl sites for hydroxylation is 2. The molecule has 0 bridgehead atoms. The summed E-state index contributed by atoms with van der Waals surface area (Å²) in [5, 5.41) is 2.52. The van der Waals surface area contributed by atoms with Gasteiger partial charge in [-0.2, -0.15) is 0 Å². The zero-order valence-electron chi connectivity index (χ0n) is 20.8. The van der Waals surface area contributed by atoms with Gasteiger partial charge in [-0.15, -0.1) is 0 Å². The van der Waals surface area contributed by atoms with E-state index in [1.807, 2.05) is 42.8 Å². The van der Waals surface area contributed by atoms with Crippen LogP contribution in [0.3, 0.4) is 0 Å². The lowest BCUT2D eigenvalue weighted by Gasteiger charge is -2.22. The summed E-state index contributed by atoms with van der Waals surface area (Å²) in [6.45, 7) is 8.01. The summed E-state index contributed by atoms with van der Waals surface area (Å²) < 4.78 is 50.9. The number of hydrogen-bond acceptors (Lipinski definition) is 7. The summed E-state index contributed by atoms with van der Waals surface area (Å²) in [5.74, 6) is 0.318. The Morgan fingerprint density at radius 1 is 1.20 bits per heavy atom. The molecule has 2 atom stereocenters. The number of hydrogen-bond donors (Lipinski definition) is 1. The molecule has 1 saturated heterocycles. The van der Waals surface area contributed by atoms with E-state index >= 15 is 0 Å². The van der Waals surface area contributed by atoms with Gasteiger partial charge in [0.05, 0.1) is 47.3 Å². The molecule has 4 rings (SSSR count). The standard InChI is InChI=1S/C25H33FN4O4S/c1-15(2)19-7-6-18(25(28-19)33-5)23-16(3)10-20-24(29-23)17(4)13-30(20)21-11-27-12-22(21)35(31,32)14-34-9-8-26/h6-7,10,13,15,21-22,27H,8-9,11-12,14H2,1-5H3/t21-,22+/m1/s1. The number of sulfone groups is 1. The fourth-order valence-corrected chi connectivity index (χ4v) is 6.29. The quantitative estimate of drug-likeness (QED) is 0.444. The van der Waals surface area contributed by atoms with Crippen LogP contribution in [0.5, 0.6) is 5.88 Å². The third-order valence-corrected chi connectivity index (χ3v) is 8.41. The van der Waals surface area contributed by atoms with E-state index in [0.717, 1.165) is 39.1 Å². The van der Waals surface area contributed by atoms with Crippen LogP contribution < -0.4 is 10.1 Å². The molecule has 35 heavy (non-hydrogen) atoms. The number of pyridine rings is 2. The van der Waals surface area contributed by atoms with E-state index in [1.165, 1.54) is 0 Å². The van der Waals surface area contributed by atoms with Crippen LogP contribution in [-0.4, -0.2) is 67.6 Å². The normalized spacial score (nSPS) is 18.6. The van der Waals surface area contributed by atoms with Gasteiger partial charge in [-0.3, -0.25) is 0 Å². The molecule has 0 aliphatic carbocycles. The summed E-state index contributed by atoms with van der Waals surface area (Å²) >= 11 is 0. The molecule has 0 saturated carbocycles. The number of methoxy groups -OCH3 is 1. The number of rotatable bonds is 9. The van der Waals surface area contributed by atoms with Crippen LogP contribution >= 0.6 is 0 Å². The molecule has 0 amide bonds. The molecular formula is C25H33FN4O4S. The van der Waals surface area contributed by atoms with Gasteiger partial charge in [-0.05, 0) is 49.1 Å². The lowest BCUT2D eigenvalue weighted by molar-refractivity contribution is 0.156. The average Bonchev–Trinajstić information content (AvgIpc) is 3.43. The second kappa shape index (κ2) is 10.2. The van der Waals surface area contributed by atoms with Crippen LogP contribution in [0.2, 0.25) is 0 Å².